The second kappa shape index (κ2) is 13.6. The zero-order chi connectivity index (χ0) is 31.3. The molecule has 1 N–H and O–H groups in total. The van der Waals surface area contributed by atoms with Gasteiger partial charge in [-0.05, 0) is 67.9 Å². The summed E-state index contributed by atoms with van der Waals surface area (Å²) in [6.07, 6.45) is 0.408. The highest BCUT2D eigenvalue weighted by atomic mass is 35.5. The summed E-state index contributed by atoms with van der Waals surface area (Å²) in [6, 6.07) is 19.6. The van der Waals surface area contributed by atoms with Crippen LogP contribution in [0.25, 0.3) is 10.6 Å². The van der Waals surface area contributed by atoms with E-state index >= 15 is 0 Å². The van der Waals surface area contributed by atoms with Crippen molar-refractivity contribution in [1.29, 1.82) is 0 Å². The van der Waals surface area contributed by atoms with Crippen LogP contribution in [0.4, 0.5) is 0 Å². The van der Waals surface area contributed by atoms with Gasteiger partial charge in [-0.25, -0.2) is 4.79 Å². The van der Waals surface area contributed by atoms with E-state index in [0.717, 1.165) is 32.5 Å². The lowest BCUT2D eigenvalue weighted by Crippen LogP contribution is -2.48. The second-order valence-corrected chi connectivity index (χ2v) is 11.0. The zero-order valence-electron chi connectivity index (χ0n) is 24.6. The van der Waals surface area contributed by atoms with Gasteiger partial charge in [-0.2, -0.15) is 0 Å². The molecule has 5 rings (SSSR count). The van der Waals surface area contributed by atoms with E-state index in [1.165, 1.54) is 6.07 Å². The lowest BCUT2D eigenvalue weighted by molar-refractivity contribution is -0.170. The maximum atomic E-state index is 13.0. The number of hydrogen-bond acceptors (Lipinski definition) is 9. The monoisotopic (exact) mass is 619 g/mol. The van der Waals surface area contributed by atoms with E-state index in [4.69, 9.17) is 30.5 Å². The van der Waals surface area contributed by atoms with Gasteiger partial charge in [-0.15, -0.1) is 0 Å². The SMILES string of the molecule is CCN(CC)CCCCOc1ccc(/C(=C(/Cl)c2ccccc2)c2ccc3c4c2OC(=O)CC(O)(CC(=O)O3)C(=O)O4)cc1. The summed E-state index contributed by atoms with van der Waals surface area (Å²) in [5, 5.41) is 11.1. The molecular formula is C34H34ClNO8. The Balaban J connectivity index is 1.53. The molecule has 1 unspecified atom stereocenters. The van der Waals surface area contributed by atoms with Gasteiger partial charge in [0.1, 0.15) is 5.75 Å². The average molecular weight is 620 g/mol. The number of fused-ring (bicyclic) bond motifs is 2. The van der Waals surface area contributed by atoms with E-state index < -0.39 is 36.4 Å². The van der Waals surface area contributed by atoms with Gasteiger partial charge >= 0.3 is 17.9 Å². The lowest BCUT2D eigenvalue weighted by Gasteiger charge is -2.30. The minimum atomic E-state index is -2.42. The quantitative estimate of drug-likeness (QED) is 0.127. The molecule has 0 aliphatic carbocycles. The highest BCUT2D eigenvalue weighted by molar-refractivity contribution is 6.53. The number of benzene rings is 3. The van der Waals surface area contributed by atoms with Crippen molar-refractivity contribution < 1.29 is 38.4 Å². The molecule has 0 radical (unpaired) electrons. The Labute approximate surface area is 260 Å². The fourth-order valence-electron chi connectivity index (χ4n) is 5.21. The molecule has 0 saturated heterocycles. The number of carbonyl (C=O) groups is 3. The number of aliphatic hydroxyl groups is 1. The molecule has 3 aromatic rings. The van der Waals surface area contributed by atoms with Crippen LogP contribution in [0.2, 0.25) is 0 Å². The molecule has 0 aromatic heterocycles. The van der Waals surface area contributed by atoms with Crippen LogP contribution in [0, 0.1) is 0 Å². The molecule has 1 atom stereocenters. The molecule has 44 heavy (non-hydrogen) atoms. The maximum Gasteiger partial charge on any atom is 0.345 e. The first-order chi connectivity index (χ1) is 21.2. The molecule has 0 fully saturated rings. The molecule has 230 valence electrons. The summed E-state index contributed by atoms with van der Waals surface area (Å²) in [5.41, 5.74) is -0.291. The molecule has 0 amide bonds. The van der Waals surface area contributed by atoms with Crippen LogP contribution in [-0.2, 0) is 14.4 Å². The van der Waals surface area contributed by atoms with Crippen LogP contribution in [0.5, 0.6) is 23.0 Å². The third kappa shape index (κ3) is 6.80. The Morgan fingerprint density at radius 2 is 1.52 bits per heavy atom. The smallest absolute Gasteiger partial charge is 0.345 e. The van der Waals surface area contributed by atoms with Gasteiger partial charge in [-0.1, -0.05) is 67.9 Å². The normalized spacial score (nSPS) is 18.3. The van der Waals surface area contributed by atoms with Crippen LogP contribution < -0.4 is 18.9 Å². The number of esters is 3. The van der Waals surface area contributed by atoms with Crippen LogP contribution in [0.15, 0.2) is 66.7 Å². The topological polar surface area (TPSA) is 112 Å². The van der Waals surface area contributed by atoms with Gasteiger partial charge in [0.25, 0.3) is 0 Å². The van der Waals surface area contributed by atoms with Crippen molar-refractivity contribution in [1.82, 2.24) is 4.90 Å². The van der Waals surface area contributed by atoms with Crippen molar-refractivity contribution in [3.05, 3.63) is 83.4 Å². The van der Waals surface area contributed by atoms with Crippen LogP contribution in [0.1, 0.15) is 56.2 Å². The van der Waals surface area contributed by atoms with Gasteiger partial charge in [0.15, 0.2) is 17.1 Å². The van der Waals surface area contributed by atoms with Gasteiger partial charge in [-0.3, -0.25) is 9.59 Å². The number of halogens is 1. The first kappa shape index (κ1) is 31.3. The van der Waals surface area contributed by atoms with Gasteiger partial charge in [0, 0.05) is 11.1 Å². The van der Waals surface area contributed by atoms with E-state index in [9.17, 15) is 19.5 Å². The van der Waals surface area contributed by atoms with E-state index in [1.807, 2.05) is 54.6 Å². The zero-order valence-corrected chi connectivity index (χ0v) is 25.4. The van der Waals surface area contributed by atoms with Crippen LogP contribution in [-0.4, -0.2) is 59.8 Å². The van der Waals surface area contributed by atoms with Crippen LogP contribution >= 0.6 is 11.6 Å². The van der Waals surface area contributed by atoms with E-state index in [-0.39, 0.29) is 17.2 Å². The summed E-state index contributed by atoms with van der Waals surface area (Å²) in [4.78, 5) is 40.8. The van der Waals surface area contributed by atoms with Crippen molar-refractivity contribution >= 4 is 40.1 Å². The predicted molar refractivity (Wildman–Crippen MR) is 165 cm³/mol. The van der Waals surface area contributed by atoms with E-state index in [2.05, 4.69) is 18.7 Å². The highest BCUT2D eigenvalue weighted by Gasteiger charge is 2.48. The number of hydrogen-bond donors (Lipinski definition) is 1. The number of unbranched alkanes of at least 4 members (excludes halogenated alkanes) is 1. The minimum Gasteiger partial charge on any atom is -0.494 e. The second-order valence-electron chi connectivity index (χ2n) is 10.7. The largest absolute Gasteiger partial charge is 0.494 e. The first-order valence-electron chi connectivity index (χ1n) is 14.7. The van der Waals surface area contributed by atoms with Gasteiger partial charge in [0.05, 0.1) is 24.5 Å². The fourth-order valence-corrected chi connectivity index (χ4v) is 5.55. The maximum absolute atomic E-state index is 13.0. The van der Waals surface area contributed by atoms with Gasteiger partial charge < -0.3 is 29.0 Å². The Bertz CT molecular complexity index is 1570. The average Bonchev–Trinajstić information content (AvgIpc) is 3.01. The van der Waals surface area contributed by atoms with Crippen LogP contribution in [0.3, 0.4) is 0 Å². The standard InChI is InChI=1S/C34H34ClNO8/c1-3-36(4-2)18-8-9-19-41-24-14-12-22(13-15-24)29(30(35)23-10-6-5-7-11-23)25-16-17-26-32-31(25)43-28(38)21-34(40,33(39)44-32)20-27(37)42-26/h5-7,10-17,40H,3-4,8-9,18-21H2,1-2H3/b30-29-. The molecule has 0 spiro atoms. The molecule has 2 heterocycles. The summed E-state index contributed by atoms with van der Waals surface area (Å²) in [5.74, 6) is -2.85. The van der Waals surface area contributed by atoms with Gasteiger partial charge in [0.2, 0.25) is 5.75 Å². The molecule has 9 nitrogen and oxygen atoms in total. The third-order valence-corrected chi connectivity index (χ3v) is 8.06. The Hall–Kier alpha value is -4.18. The molecule has 0 saturated carbocycles. The number of carbonyl (C=O) groups excluding carboxylic acids is 3. The molecule has 2 aliphatic rings. The van der Waals surface area contributed by atoms with Crippen molar-refractivity contribution in [2.24, 2.45) is 0 Å². The Morgan fingerprint density at radius 1 is 0.841 bits per heavy atom. The Kier molecular flexibility index (Phi) is 9.68. The first-order valence-corrected chi connectivity index (χ1v) is 15.0. The molecule has 3 aromatic carbocycles. The van der Waals surface area contributed by atoms with Crippen molar-refractivity contribution in [3.63, 3.8) is 0 Å². The van der Waals surface area contributed by atoms with Crippen molar-refractivity contribution in [2.45, 2.75) is 45.1 Å². The number of nitrogens with zero attached hydrogens (tertiary/aromatic N) is 1. The summed E-state index contributed by atoms with van der Waals surface area (Å²) in [6.45, 7) is 7.98. The highest BCUT2D eigenvalue weighted by Crippen LogP contribution is 2.49. The van der Waals surface area contributed by atoms with E-state index in [0.29, 0.717) is 39.7 Å². The molecular weight excluding hydrogens is 586 g/mol. The molecule has 10 heteroatoms. The Morgan fingerprint density at radius 3 is 2.20 bits per heavy atom. The van der Waals surface area contributed by atoms with Crippen molar-refractivity contribution in [3.8, 4) is 23.0 Å². The van der Waals surface area contributed by atoms with Crippen molar-refractivity contribution in [2.75, 3.05) is 26.2 Å². The van der Waals surface area contributed by atoms with E-state index in [1.54, 1.807) is 6.07 Å². The number of rotatable bonds is 11. The lowest BCUT2D eigenvalue weighted by atomic mass is 9.92. The third-order valence-electron chi connectivity index (χ3n) is 7.65. The predicted octanol–water partition coefficient (Wildman–Crippen LogP) is 5.60. The summed E-state index contributed by atoms with van der Waals surface area (Å²) >= 11 is 7.05. The fraction of sp³-hybridized carbons (Fsp3) is 0.324. The summed E-state index contributed by atoms with van der Waals surface area (Å²) in [7, 11) is 0. The summed E-state index contributed by atoms with van der Waals surface area (Å²) < 4.78 is 22.6. The molecule has 2 bridgehead atoms. The minimum absolute atomic E-state index is 0.126. The molecule has 2 aliphatic heterocycles. The number of ether oxygens (including phenoxy) is 4.